The molecule has 0 bridgehead atoms. The average Bonchev–Trinajstić information content (AvgIpc) is 2.41. The van der Waals surface area contributed by atoms with Gasteiger partial charge in [0, 0.05) is 10.0 Å². The van der Waals surface area contributed by atoms with Crippen molar-refractivity contribution in [3.05, 3.63) is 68.4 Å². The Kier molecular flexibility index (Phi) is 5.10. The molecule has 0 fully saturated rings. The van der Waals surface area contributed by atoms with Gasteiger partial charge < -0.3 is 0 Å². The fourth-order valence-electron chi connectivity index (χ4n) is 1.93. The summed E-state index contributed by atoms with van der Waals surface area (Å²) in [6, 6.07) is 12.8. The molecule has 0 spiro atoms. The van der Waals surface area contributed by atoms with Crippen molar-refractivity contribution in [3.8, 4) is 0 Å². The van der Waals surface area contributed by atoms with Gasteiger partial charge in [0.2, 0.25) is 0 Å². The highest BCUT2D eigenvalue weighted by Gasteiger charge is 2.17. The van der Waals surface area contributed by atoms with E-state index in [0.29, 0.717) is 16.5 Å². The average molecular weight is 388 g/mol. The Morgan fingerprint density at radius 1 is 1.05 bits per heavy atom. The van der Waals surface area contributed by atoms with Crippen molar-refractivity contribution in [2.24, 2.45) is 5.84 Å². The van der Waals surface area contributed by atoms with Gasteiger partial charge in [0.25, 0.3) is 0 Å². The lowest BCUT2D eigenvalue weighted by molar-refractivity contribution is 0.507. The van der Waals surface area contributed by atoms with Gasteiger partial charge in [-0.3, -0.25) is 11.3 Å². The van der Waals surface area contributed by atoms with Crippen molar-refractivity contribution in [2.75, 3.05) is 0 Å². The molecule has 0 aliphatic rings. The molecule has 0 radical (unpaired) electrons. The molecule has 0 aliphatic heterocycles. The Morgan fingerprint density at radius 2 is 1.74 bits per heavy atom. The highest BCUT2D eigenvalue weighted by Crippen LogP contribution is 2.27. The number of nitrogens with two attached hydrogens (primary N) is 1. The molecule has 0 aromatic heterocycles. The van der Waals surface area contributed by atoms with E-state index in [1.807, 2.05) is 24.3 Å². The Balaban J connectivity index is 2.31. The summed E-state index contributed by atoms with van der Waals surface area (Å²) >= 11 is 6.68. The smallest absolute Gasteiger partial charge is 0.142 e. The van der Waals surface area contributed by atoms with Gasteiger partial charge in [-0.05, 0) is 40.0 Å². The lowest BCUT2D eigenvalue weighted by Crippen LogP contribution is -2.30. The van der Waals surface area contributed by atoms with Crippen molar-refractivity contribution in [1.29, 1.82) is 0 Å². The van der Waals surface area contributed by atoms with E-state index >= 15 is 0 Å². The minimum Gasteiger partial charge on any atom is -0.271 e. The number of hydrogen-bond acceptors (Lipinski definition) is 2. The fraction of sp³-hybridized carbons (Fsp3) is 0.143. The largest absolute Gasteiger partial charge is 0.271 e. The summed E-state index contributed by atoms with van der Waals surface area (Å²) < 4.78 is 15.5. The van der Waals surface area contributed by atoms with Crippen LogP contribution in [-0.2, 0) is 6.42 Å². The van der Waals surface area contributed by atoms with E-state index in [9.17, 15) is 4.39 Å². The number of hydrogen-bond donors (Lipinski definition) is 2. The second kappa shape index (κ2) is 6.61. The van der Waals surface area contributed by atoms with Crippen molar-refractivity contribution >= 4 is 31.9 Å². The van der Waals surface area contributed by atoms with Crippen molar-refractivity contribution in [1.82, 2.24) is 5.43 Å². The van der Waals surface area contributed by atoms with Crippen LogP contribution >= 0.6 is 31.9 Å². The maximum absolute atomic E-state index is 14.1. The standard InChI is InChI=1S/C14H13Br2FN2/c15-11-6-2-1-4-9(11)8-13(19-18)10-5-3-7-12(16)14(10)17/h1-7,13,19H,8,18H2. The molecule has 2 aromatic rings. The van der Waals surface area contributed by atoms with Gasteiger partial charge in [0.15, 0.2) is 0 Å². The first-order valence-corrected chi connectivity index (χ1v) is 7.35. The SMILES string of the molecule is NNC(Cc1ccccc1Br)c1cccc(Br)c1F. The highest BCUT2D eigenvalue weighted by molar-refractivity contribution is 9.10. The van der Waals surface area contributed by atoms with Gasteiger partial charge in [0.1, 0.15) is 5.82 Å². The monoisotopic (exact) mass is 386 g/mol. The van der Waals surface area contributed by atoms with Crippen LogP contribution in [0, 0.1) is 5.82 Å². The molecule has 0 saturated heterocycles. The molecule has 100 valence electrons. The third kappa shape index (κ3) is 3.42. The summed E-state index contributed by atoms with van der Waals surface area (Å²) in [6.07, 6.45) is 0.602. The lowest BCUT2D eigenvalue weighted by Gasteiger charge is -2.18. The van der Waals surface area contributed by atoms with Crippen LogP contribution in [0.25, 0.3) is 0 Å². The first-order chi connectivity index (χ1) is 9.13. The molecular weight excluding hydrogens is 375 g/mol. The summed E-state index contributed by atoms with van der Waals surface area (Å²) in [4.78, 5) is 0. The molecule has 19 heavy (non-hydrogen) atoms. The van der Waals surface area contributed by atoms with Crippen LogP contribution in [0.5, 0.6) is 0 Å². The zero-order valence-corrected chi connectivity index (χ0v) is 13.2. The summed E-state index contributed by atoms with van der Waals surface area (Å²) in [6.45, 7) is 0. The van der Waals surface area contributed by atoms with Gasteiger partial charge in [-0.2, -0.15) is 0 Å². The maximum Gasteiger partial charge on any atom is 0.142 e. The maximum atomic E-state index is 14.1. The van der Waals surface area contributed by atoms with Crippen LogP contribution in [-0.4, -0.2) is 0 Å². The quantitative estimate of drug-likeness (QED) is 0.612. The molecule has 0 heterocycles. The second-order valence-electron chi connectivity index (χ2n) is 4.16. The predicted molar refractivity (Wildman–Crippen MR) is 82.0 cm³/mol. The number of nitrogens with one attached hydrogen (secondary N) is 1. The Labute approximate surface area is 128 Å². The third-order valence-corrected chi connectivity index (χ3v) is 4.33. The molecule has 5 heteroatoms. The first-order valence-electron chi connectivity index (χ1n) is 5.77. The zero-order chi connectivity index (χ0) is 13.8. The topological polar surface area (TPSA) is 38.0 Å². The normalized spacial score (nSPS) is 12.4. The van der Waals surface area contributed by atoms with E-state index in [2.05, 4.69) is 37.3 Å². The number of halogens is 3. The van der Waals surface area contributed by atoms with Crippen LogP contribution in [0.4, 0.5) is 4.39 Å². The van der Waals surface area contributed by atoms with Crippen LogP contribution in [0.2, 0.25) is 0 Å². The number of rotatable bonds is 4. The van der Waals surface area contributed by atoms with Crippen LogP contribution in [0.3, 0.4) is 0 Å². The first kappa shape index (κ1) is 14.7. The summed E-state index contributed by atoms with van der Waals surface area (Å²) in [7, 11) is 0. The molecule has 3 N–H and O–H groups in total. The number of benzene rings is 2. The predicted octanol–water partition coefficient (Wildman–Crippen LogP) is 4.10. The molecule has 2 nitrogen and oxygen atoms in total. The molecule has 2 aromatic carbocycles. The van der Waals surface area contributed by atoms with Gasteiger partial charge in [-0.1, -0.05) is 46.3 Å². The van der Waals surface area contributed by atoms with E-state index in [0.717, 1.165) is 10.0 Å². The molecule has 0 aliphatic carbocycles. The second-order valence-corrected chi connectivity index (χ2v) is 5.87. The van der Waals surface area contributed by atoms with Gasteiger partial charge >= 0.3 is 0 Å². The van der Waals surface area contributed by atoms with Gasteiger partial charge in [0.05, 0.1) is 10.5 Å². The fourth-order valence-corrected chi connectivity index (χ4v) is 2.76. The molecule has 0 saturated carbocycles. The van der Waals surface area contributed by atoms with E-state index in [-0.39, 0.29) is 11.9 Å². The summed E-state index contributed by atoms with van der Waals surface area (Å²) in [5.74, 6) is 5.29. The Bertz CT molecular complexity index is 575. The highest BCUT2D eigenvalue weighted by atomic mass is 79.9. The van der Waals surface area contributed by atoms with E-state index in [4.69, 9.17) is 5.84 Å². The molecule has 0 amide bonds. The van der Waals surface area contributed by atoms with Crippen molar-refractivity contribution < 1.29 is 4.39 Å². The van der Waals surface area contributed by atoms with E-state index < -0.39 is 0 Å². The Hall–Kier alpha value is -0.750. The summed E-state index contributed by atoms with van der Waals surface area (Å²) in [5.41, 5.74) is 4.30. The zero-order valence-electron chi connectivity index (χ0n) is 10.0. The van der Waals surface area contributed by atoms with Crippen LogP contribution in [0.15, 0.2) is 51.4 Å². The molecule has 1 unspecified atom stereocenters. The van der Waals surface area contributed by atoms with Gasteiger partial charge in [-0.25, -0.2) is 4.39 Å². The number of hydrazine groups is 1. The summed E-state index contributed by atoms with van der Waals surface area (Å²) in [5, 5.41) is 0. The molecule has 2 rings (SSSR count). The van der Waals surface area contributed by atoms with Crippen LogP contribution in [0.1, 0.15) is 17.2 Å². The van der Waals surface area contributed by atoms with Crippen molar-refractivity contribution in [3.63, 3.8) is 0 Å². The third-order valence-electron chi connectivity index (χ3n) is 2.94. The minimum absolute atomic E-state index is 0.280. The Morgan fingerprint density at radius 3 is 2.42 bits per heavy atom. The van der Waals surface area contributed by atoms with Crippen molar-refractivity contribution in [2.45, 2.75) is 12.5 Å². The minimum atomic E-state index is -0.281. The molecule has 1 atom stereocenters. The van der Waals surface area contributed by atoms with E-state index in [1.54, 1.807) is 18.2 Å². The van der Waals surface area contributed by atoms with E-state index in [1.165, 1.54) is 0 Å². The lowest BCUT2D eigenvalue weighted by atomic mass is 9.99. The van der Waals surface area contributed by atoms with Gasteiger partial charge in [-0.15, -0.1) is 0 Å². The van der Waals surface area contributed by atoms with Crippen LogP contribution < -0.4 is 11.3 Å². The molecular formula is C14H13Br2FN2.